The van der Waals surface area contributed by atoms with Crippen LogP contribution in [-0.4, -0.2) is 72.3 Å². The second-order valence-electron chi connectivity index (χ2n) is 11.2. The molecule has 6 rings (SSSR count). The van der Waals surface area contributed by atoms with Crippen molar-refractivity contribution in [2.45, 2.75) is 18.4 Å². The van der Waals surface area contributed by atoms with Gasteiger partial charge >= 0.3 is 59.1 Å². The van der Waals surface area contributed by atoms with E-state index in [0.29, 0.717) is 52.2 Å². The van der Waals surface area contributed by atoms with Crippen molar-refractivity contribution in [3.05, 3.63) is 119 Å². The first-order chi connectivity index (χ1) is 23.5. The van der Waals surface area contributed by atoms with Gasteiger partial charge < -0.3 is 14.0 Å². The Morgan fingerprint density at radius 2 is 1.60 bits per heavy atom. The number of allylic oxidation sites excluding steroid dienone is 8. The van der Waals surface area contributed by atoms with E-state index in [4.69, 9.17) is 10.4 Å². The molecule has 2 aromatic carbocycles. The van der Waals surface area contributed by atoms with Crippen LogP contribution in [0.1, 0.15) is 18.2 Å². The molecule has 0 atom stereocenters. The number of aromatic nitrogens is 2. The quantitative estimate of drug-likeness (QED) is 0.0819. The van der Waals surface area contributed by atoms with Crippen molar-refractivity contribution < 1.29 is 103 Å². The third-order valence-corrected chi connectivity index (χ3v) is 10.5. The van der Waals surface area contributed by atoms with Gasteiger partial charge in [-0.3, -0.25) is 23.3 Å². The number of rotatable bonds is 6. The average molecular weight is 781 g/mol. The van der Waals surface area contributed by atoms with Crippen LogP contribution in [0.2, 0.25) is 0 Å². The Kier molecular flexibility index (Phi) is 13.1. The van der Waals surface area contributed by atoms with E-state index in [1.807, 2.05) is 24.0 Å². The van der Waals surface area contributed by atoms with Gasteiger partial charge in [0.1, 0.15) is 16.1 Å². The number of anilines is 1. The Morgan fingerprint density at radius 3 is 2.23 bits per heavy atom. The Balaban J connectivity index is 0.00000302. The van der Waals surface area contributed by atoms with Gasteiger partial charge in [0.25, 0.3) is 10.1 Å². The van der Waals surface area contributed by atoms with Crippen molar-refractivity contribution in [1.82, 2.24) is 4.98 Å². The molecule has 0 bridgehead atoms. The van der Waals surface area contributed by atoms with E-state index < -0.39 is 40.0 Å². The van der Waals surface area contributed by atoms with Gasteiger partial charge in [0.2, 0.25) is 26.7 Å². The molecule has 3 aromatic rings. The van der Waals surface area contributed by atoms with Crippen molar-refractivity contribution in [2.75, 3.05) is 11.4 Å². The predicted molar refractivity (Wildman–Crippen MR) is 190 cm³/mol. The minimum Gasteiger partial charge on any atom is -0.788 e. The van der Waals surface area contributed by atoms with Gasteiger partial charge in [-0.2, -0.15) is 18.5 Å². The number of fused-ring (bicyclic) bond motifs is 2. The van der Waals surface area contributed by atoms with Crippen LogP contribution in [0.15, 0.2) is 107 Å². The Labute approximate surface area is 344 Å². The fourth-order valence-electron chi connectivity index (χ4n) is 5.50. The van der Waals surface area contributed by atoms with Crippen LogP contribution < -0.4 is 73.6 Å². The summed E-state index contributed by atoms with van der Waals surface area (Å²) in [7, 11) is -13.6. The standard InChI is InChI=1S/C33H29N5O9S3.2Na/c1-2-37(20-21-4-3-5-27(16-21)49(42,43)44)25-10-15-30-32(19-25)38(24-8-11-26(12-9-24)48(39,40)41)31-17-22(7-14-29(31)36-30)35-23-6-13-28(34)33(18-23)50(45,46)47;;/h3-19H,2,20H2,1H3,(H5,34,36,39,40,41,42,43,44,45,46,47);;/q;2*+1/p-1. The topological polar surface area (TPSA) is 233 Å². The van der Waals surface area contributed by atoms with Crippen LogP contribution in [0.3, 0.4) is 0 Å². The summed E-state index contributed by atoms with van der Waals surface area (Å²) in [6.45, 7) is 2.72. The number of hydrogen-bond acceptors (Lipinski definition) is 10. The molecule has 0 saturated carbocycles. The molecule has 0 spiro atoms. The summed E-state index contributed by atoms with van der Waals surface area (Å²) in [5.41, 5.74) is 3.74. The summed E-state index contributed by atoms with van der Waals surface area (Å²) in [6, 6.07) is 11.5. The van der Waals surface area contributed by atoms with Gasteiger partial charge in [0.05, 0.1) is 22.0 Å². The SMILES string of the molecule is CCN(Cc1cccc(S(=O)(=O)O)c1)c1ccc2nc3c([n+](=C4C=CC(=S(=O)([O-])[O-])C=C4)c2c1)=CC(=NC1=CC(=S(=O)(O)O)C(=N)C=C1)C=C3.[Na+].[Na+]. The summed E-state index contributed by atoms with van der Waals surface area (Å²) in [5, 5.41) is 8.39. The summed E-state index contributed by atoms with van der Waals surface area (Å²) >= 11 is 0. The summed E-state index contributed by atoms with van der Waals surface area (Å²) < 4.78 is 101. The minimum absolute atomic E-state index is 0. The molecular formula is C33H28N5Na2O9S3+. The van der Waals surface area contributed by atoms with Crippen LogP contribution in [0.25, 0.3) is 23.2 Å². The molecule has 4 N–H and O–H groups in total. The first-order valence-corrected chi connectivity index (χ1v) is 19.1. The van der Waals surface area contributed by atoms with Crippen LogP contribution in [0.4, 0.5) is 5.69 Å². The molecular weight excluding hydrogens is 753 g/mol. The number of nitrogens with zero attached hydrogens (tertiary/aromatic N) is 4. The Morgan fingerprint density at radius 1 is 0.885 bits per heavy atom. The van der Waals surface area contributed by atoms with Gasteiger partial charge in [0.15, 0.2) is 0 Å². The zero-order chi connectivity index (χ0) is 36.0. The fraction of sp³-hybridized carbons (Fsp3) is 0.0909. The van der Waals surface area contributed by atoms with E-state index in [2.05, 4.69) is 4.99 Å². The van der Waals surface area contributed by atoms with Crippen LogP contribution >= 0.6 is 0 Å². The second-order valence-corrected chi connectivity index (χ2v) is 15.4. The van der Waals surface area contributed by atoms with Gasteiger partial charge in [-0.05, 0) is 79.3 Å². The third-order valence-electron chi connectivity index (χ3n) is 7.85. The Hall–Kier alpha value is -2.85. The first-order valence-electron chi connectivity index (χ1n) is 14.7. The molecule has 3 aliphatic rings. The van der Waals surface area contributed by atoms with E-state index in [1.165, 1.54) is 48.6 Å². The van der Waals surface area contributed by atoms with Gasteiger partial charge in [-0.15, -0.1) is 4.24 Å². The molecule has 0 aliphatic heterocycles. The summed E-state index contributed by atoms with van der Waals surface area (Å²) in [5.74, 6) is 0. The molecule has 1 aromatic heterocycles. The van der Waals surface area contributed by atoms with Crippen molar-refractivity contribution in [1.29, 1.82) is 5.41 Å². The molecule has 0 unspecified atom stereocenters. The van der Waals surface area contributed by atoms with Crippen LogP contribution in [-0.2, 0) is 36.8 Å². The number of nitrogens with one attached hydrogen (secondary N) is 1. The molecule has 14 nitrogen and oxygen atoms in total. The maximum Gasteiger partial charge on any atom is 1.00 e. The number of benzene rings is 2. The normalized spacial score (nSPS) is 16.3. The van der Waals surface area contributed by atoms with E-state index in [1.54, 1.807) is 40.7 Å². The van der Waals surface area contributed by atoms with Crippen LogP contribution in [0, 0.1) is 11.1 Å². The Bertz CT molecular complexity index is 2690. The van der Waals surface area contributed by atoms with Crippen molar-refractivity contribution >= 4 is 80.3 Å². The molecule has 0 amide bonds. The summed E-state index contributed by atoms with van der Waals surface area (Å²) in [4.78, 5) is 10.2. The molecule has 52 heavy (non-hydrogen) atoms. The zero-order valence-electron chi connectivity index (χ0n) is 28.0. The monoisotopic (exact) mass is 780 g/mol. The van der Waals surface area contributed by atoms with E-state index in [-0.39, 0.29) is 75.4 Å². The largest absolute Gasteiger partial charge is 1.00 e. The maximum atomic E-state index is 11.9. The molecule has 0 radical (unpaired) electrons. The molecule has 1 heterocycles. The average Bonchev–Trinajstić information content (AvgIpc) is 3.06. The van der Waals surface area contributed by atoms with Crippen molar-refractivity contribution in [3.8, 4) is 0 Å². The number of aliphatic imine (C=N–C) groups is 1. The smallest absolute Gasteiger partial charge is 0.788 e. The zero-order valence-corrected chi connectivity index (χ0v) is 34.5. The van der Waals surface area contributed by atoms with E-state index in [9.17, 15) is 39.6 Å². The first kappa shape index (κ1) is 41.9. The van der Waals surface area contributed by atoms with Crippen LogP contribution in [0.5, 0.6) is 0 Å². The summed E-state index contributed by atoms with van der Waals surface area (Å²) in [6.07, 6.45) is 14.3. The van der Waals surface area contributed by atoms with Gasteiger partial charge in [-0.25, -0.2) is 14.2 Å². The van der Waals surface area contributed by atoms with Gasteiger partial charge in [0, 0.05) is 47.9 Å². The molecule has 19 heteroatoms. The molecule has 0 saturated heterocycles. The third kappa shape index (κ3) is 9.26. The second kappa shape index (κ2) is 16.3. The minimum atomic E-state index is -4.72. The van der Waals surface area contributed by atoms with E-state index >= 15 is 0 Å². The maximum absolute atomic E-state index is 11.9. The van der Waals surface area contributed by atoms with Crippen molar-refractivity contribution in [2.24, 2.45) is 4.99 Å². The van der Waals surface area contributed by atoms with Gasteiger partial charge in [-0.1, -0.05) is 12.1 Å². The fourth-order valence-corrected chi connectivity index (χ4v) is 7.15. The molecule has 3 aliphatic carbocycles. The molecule has 258 valence electrons. The predicted octanol–water partition coefficient (Wildman–Crippen LogP) is -3.85. The van der Waals surface area contributed by atoms with E-state index in [0.717, 1.165) is 11.8 Å². The number of hydrogen-bond donors (Lipinski definition) is 4. The molecule has 0 fully saturated rings. The van der Waals surface area contributed by atoms with Crippen molar-refractivity contribution in [3.63, 3.8) is 0 Å².